The lowest BCUT2D eigenvalue weighted by molar-refractivity contribution is 0.669. The maximum atomic E-state index is 7.13. The molecular weight excluding hydrogens is 623 g/mol. The molecule has 4 nitrogen and oxygen atoms in total. The van der Waals surface area contributed by atoms with E-state index in [1.165, 1.54) is 33.0 Å². The molecule has 0 unspecified atom stereocenters. The highest BCUT2D eigenvalue weighted by Gasteiger charge is 2.23. The first-order valence-corrected chi connectivity index (χ1v) is 17.2. The first-order valence-electron chi connectivity index (χ1n) is 17.2. The van der Waals surface area contributed by atoms with Crippen LogP contribution in [0.15, 0.2) is 178 Å². The molecule has 1 heterocycles. The molecule has 1 aromatic heterocycles. The van der Waals surface area contributed by atoms with Crippen LogP contribution < -0.4 is 5.73 Å². The standard InChI is InChI=1S/C47H31N3O/c48-46(50-47(49-28-29-11-2-1-3-12-29)32-22-21-30-13-4-5-14-31(30)25-32)41-26-33(27-43-45(41)40-17-8-9-20-42(40)51-43)34-23-24-39-36-16-7-6-15-35(36)38-19-10-18-37(34)44(38)39/h1-27H,28H2,(H2,48,49,50). The Morgan fingerprint density at radius 3 is 2.06 bits per heavy atom. The number of nitrogens with two attached hydrogens (primary N) is 1. The number of aliphatic imine (C=N–C) groups is 2. The van der Waals surface area contributed by atoms with E-state index < -0.39 is 0 Å². The number of fused-ring (bicyclic) bond motifs is 7. The van der Waals surface area contributed by atoms with Crippen LogP contribution in [0, 0.1) is 0 Å². The highest BCUT2D eigenvalue weighted by Crippen LogP contribution is 2.49. The van der Waals surface area contributed by atoms with E-state index in [4.69, 9.17) is 20.1 Å². The molecule has 0 saturated carbocycles. The SMILES string of the molecule is N/C(=N\C(=N/Cc1ccccc1)c1ccc2ccccc2c1)c1cc(-c2ccc3c4c(cccc24)-c2ccccc2-3)cc2oc3ccccc3c12. The second-order valence-corrected chi connectivity index (χ2v) is 13.1. The molecule has 51 heavy (non-hydrogen) atoms. The Bertz CT molecular complexity index is 2870. The number of furan rings is 1. The second-order valence-electron chi connectivity index (χ2n) is 13.1. The minimum atomic E-state index is 0.381. The van der Waals surface area contributed by atoms with E-state index in [9.17, 15) is 0 Å². The summed E-state index contributed by atoms with van der Waals surface area (Å²) in [6, 6.07) is 57.1. The molecule has 0 saturated heterocycles. The summed E-state index contributed by atoms with van der Waals surface area (Å²) >= 11 is 0. The summed E-state index contributed by atoms with van der Waals surface area (Å²) in [7, 11) is 0. The van der Waals surface area contributed by atoms with Crippen molar-refractivity contribution in [3.63, 3.8) is 0 Å². The summed E-state index contributed by atoms with van der Waals surface area (Å²) in [4.78, 5) is 10.2. The van der Waals surface area contributed by atoms with Crippen LogP contribution in [0.4, 0.5) is 0 Å². The highest BCUT2D eigenvalue weighted by molar-refractivity contribution is 6.23. The molecule has 1 aliphatic rings. The molecular formula is C47H31N3O. The lowest BCUT2D eigenvalue weighted by atomic mass is 9.92. The summed E-state index contributed by atoms with van der Waals surface area (Å²) < 4.78 is 6.53. The van der Waals surface area contributed by atoms with Crippen molar-refractivity contribution in [2.45, 2.75) is 6.54 Å². The quantitative estimate of drug-likeness (QED) is 0.148. The topological polar surface area (TPSA) is 63.9 Å². The number of nitrogens with zero attached hydrogens (tertiary/aromatic N) is 2. The van der Waals surface area contributed by atoms with Gasteiger partial charge >= 0.3 is 0 Å². The Balaban J connectivity index is 1.18. The number of hydrogen-bond acceptors (Lipinski definition) is 2. The van der Waals surface area contributed by atoms with E-state index >= 15 is 0 Å². The Hall–Kier alpha value is -6.78. The third-order valence-corrected chi connectivity index (χ3v) is 10.1. The van der Waals surface area contributed by atoms with Crippen molar-refractivity contribution < 1.29 is 4.42 Å². The minimum Gasteiger partial charge on any atom is -0.456 e. The summed E-state index contributed by atoms with van der Waals surface area (Å²) in [6.07, 6.45) is 0. The van der Waals surface area contributed by atoms with E-state index in [1.54, 1.807) is 0 Å². The Labute approximate surface area is 294 Å². The number of rotatable bonds is 5. The molecule has 9 aromatic rings. The minimum absolute atomic E-state index is 0.381. The summed E-state index contributed by atoms with van der Waals surface area (Å²) in [6.45, 7) is 0.479. The van der Waals surface area contributed by atoms with Crippen LogP contribution in [-0.4, -0.2) is 11.7 Å². The summed E-state index contributed by atoms with van der Waals surface area (Å²) in [5.74, 6) is 0.961. The molecule has 0 aliphatic heterocycles. The van der Waals surface area contributed by atoms with Gasteiger partial charge in [-0.1, -0.05) is 140 Å². The Kier molecular flexibility index (Phi) is 6.68. The summed E-state index contributed by atoms with van der Waals surface area (Å²) in [5, 5.41) is 6.69. The van der Waals surface area contributed by atoms with Gasteiger partial charge in [0.1, 0.15) is 17.0 Å². The maximum absolute atomic E-state index is 7.13. The van der Waals surface area contributed by atoms with Gasteiger partial charge in [0.25, 0.3) is 0 Å². The molecule has 2 N–H and O–H groups in total. The number of hydrogen-bond donors (Lipinski definition) is 1. The van der Waals surface area contributed by atoms with E-state index in [2.05, 4.69) is 127 Å². The zero-order valence-electron chi connectivity index (χ0n) is 27.7. The normalized spacial score (nSPS) is 12.7. The van der Waals surface area contributed by atoms with Crippen molar-refractivity contribution in [2.75, 3.05) is 0 Å². The summed E-state index contributed by atoms with van der Waals surface area (Å²) in [5.41, 5.74) is 18.7. The fraction of sp³-hybridized carbons (Fsp3) is 0.0213. The predicted octanol–water partition coefficient (Wildman–Crippen LogP) is 11.6. The van der Waals surface area contributed by atoms with Gasteiger partial charge in [-0.2, -0.15) is 0 Å². The van der Waals surface area contributed by atoms with Gasteiger partial charge in [-0.05, 0) is 84.8 Å². The van der Waals surface area contributed by atoms with Crippen molar-refractivity contribution in [3.8, 4) is 33.4 Å². The van der Waals surface area contributed by atoms with Crippen molar-refractivity contribution in [2.24, 2.45) is 15.7 Å². The van der Waals surface area contributed by atoms with Crippen LogP contribution in [0.2, 0.25) is 0 Å². The van der Waals surface area contributed by atoms with Gasteiger partial charge in [0.2, 0.25) is 0 Å². The third-order valence-electron chi connectivity index (χ3n) is 10.1. The van der Waals surface area contributed by atoms with E-state index in [0.717, 1.165) is 60.5 Å². The molecule has 1 aliphatic carbocycles. The Morgan fingerprint density at radius 2 is 1.20 bits per heavy atom. The first-order chi connectivity index (χ1) is 25.2. The maximum Gasteiger partial charge on any atom is 0.157 e. The molecule has 0 spiro atoms. The molecule has 8 aromatic carbocycles. The predicted molar refractivity (Wildman–Crippen MR) is 212 cm³/mol. The monoisotopic (exact) mass is 653 g/mol. The van der Waals surface area contributed by atoms with Crippen molar-refractivity contribution in [1.82, 2.24) is 0 Å². The average Bonchev–Trinajstić information content (AvgIpc) is 3.73. The molecule has 240 valence electrons. The van der Waals surface area contributed by atoms with Crippen LogP contribution >= 0.6 is 0 Å². The fourth-order valence-corrected chi connectivity index (χ4v) is 7.72. The molecule has 4 heteroatoms. The van der Waals surface area contributed by atoms with E-state index in [0.29, 0.717) is 18.2 Å². The molecule has 0 bridgehead atoms. The Morgan fingerprint density at radius 1 is 0.510 bits per heavy atom. The van der Waals surface area contributed by atoms with Crippen LogP contribution in [0.1, 0.15) is 16.7 Å². The smallest absolute Gasteiger partial charge is 0.157 e. The van der Waals surface area contributed by atoms with Crippen molar-refractivity contribution in [3.05, 3.63) is 180 Å². The van der Waals surface area contributed by atoms with E-state index in [-0.39, 0.29) is 0 Å². The van der Waals surface area contributed by atoms with Crippen LogP contribution in [0.5, 0.6) is 0 Å². The van der Waals surface area contributed by atoms with Crippen LogP contribution in [0.3, 0.4) is 0 Å². The van der Waals surface area contributed by atoms with E-state index in [1.807, 2.05) is 36.4 Å². The van der Waals surface area contributed by atoms with Gasteiger partial charge in [0.05, 0.1) is 6.54 Å². The lowest BCUT2D eigenvalue weighted by Crippen LogP contribution is -2.17. The molecule has 10 rings (SSSR count). The number of amidine groups is 2. The second kappa shape index (κ2) is 11.7. The fourth-order valence-electron chi connectivity index (χ4n) is 7.72. The van der Waals surface area contributed by atoms with Gasteiger partial charge in [-0.15, -0.1) is 0 Å². The van der Waals surface area contributed by atoms with Crippen molar-refractivity contribution >= 4 is 55.2 Å². The van der Waals surface area contributed by atoms with Gasteiger partial charge in [-0.3, -0.25) is 4.99 Å². The zero-order chi connectivity index (χ0) is 33.9. The van der Waals surface area contributed by atoms with Gasteiger partial charge in [-0.25, -0.2) is 4.99 Å². The van der Waals surface area contributed by atoms with Crippen molar-refractivity contribution in [1.29, 1.82) is 0 Å². The molecule has 0 amide bonds. The van der Waals surface area contributed by atoms with Gasteiger partial charge in [0, 0.05) is 21.9 Å². The highest BCUT2D eigenvalue weighted by atomic mass is 16.3. The lowest BCUT2D eigenvalue weighted by Gasteiger charge is -2.13. The van der Waals surface area contributed by atoms with Gasteiger partial charge in [0.15, 0.2) is 5.84 Å². The van der Waals surface area contributed by atoms with Gasteiger partial charge < -0.3 is 10.2 Å². The first kappa shape index (κ1) is 29.2. The number of benzene rings is 8. The number of para-hydroxylation sites is 1. The molecule has 0 radical (unpaired) electrons. The largest absolute Gasteiger partial charge is 0.456 e. The molecule has 0 fully saturated rings. The third kappa shape index (κ3) is 4.84. The average molecular weight is 654 g/mol. The van der Waals surface area contributed by atoms with Crippen LogP contribution in [0.25, 0.3) is 76.9 Å². The van der Waals surface area contributed by atoms with Crippen LogP contribution in [-0.2, 0) is 6.54 Å². The molecule has 0 atom stereocenters. The zero-order valence-corrected chi connectivity index (χ0v) is 27.7.